The van der Waals surface area contributed by atoms with Gasteiger partial charge in [0, 0.05) is 64.7 Å². The van der Waals surface area contributed by atoms with Crippen molar-refractivity contribution in [3.63, 3.8) is 0 Å². The molecular formula is C44H71N7O6SSi2. The van der Waals surface area contributed by atoms with Crippen molar-refractivity contribution in [1.29, 1.82) is 0 Å². The summed E-state index contributed by atoms with van der Waals surface area (Å²) in [6.45, 7) is 34.2. The Balaban J connectivity index is 1.66. The van der Waals surface area contributed by atoms with Gasteiger partial charge in [-0.15, -0.1) is 0 Å². The molecule has 3 aromatic heterocycles. The number of piperidine rings is 1. The first-order valence-corrected chi connectivity index (χ1v) is 30.1. The van der Waals surface area contributed by atoms with E-state index in [9.17, 15) is 9.35 Å². The minimum atomic E-state index is -1.40. The van der Waals surface area contributed by atoms with Gasteiger partial charge in [-0.05, 0) is 92.3 Å². The standard InChI is InChI=1S/C44H71N7O6SSi2/c1-15-56-31(2)38-39(33-24-35-18-19-36(25-33)50(35)42(52)57-43(3,4)5)48-40-37(32-16-17-34(45-26-32)27-47-58(53)44(6,7)8)28-46-51(40)41(38)49(29-54-20-22-59(9,10)11)30-55-21-23-60(12,13)14/h16-17,26-28,33,35-36H,2,15,18-25,29-30H2,1,3-14H3/b47-27+/t33-,35-,36+,58?. The Morgan fingerprint density at radius 2 is 1.58 bits per heavy atom. The third-order valence-corrected chi connectivity index (χ3v) is 15.4. The van der Waals surface area contributed by atoms with Crippen LogP contribution in [-0.2, 0) is 30.3 Å². The Kier molecular flexibility index (Phi) is 15.4. The summed E-state index contributed by atoms with van der Waals surface area (Å²) in [7, 11) is -2.73. The summed E-state index contributed by atoms with van der Waals surface area (Å²) in [6.07, 6.45) is 8.16. The van der Waals surface area contributed by atoms with Crippen molar-refractivity contribution in [3.8, 4) is 11.1 Å². The number of rotatable bonds is 18. The lowest BCUT2D eigenvalue weighted by Crippen LogP contribution is -2.48. The summed E-state index contributed by atoms with van der Waals surface area (Å²) in [6, 6.07) is 5.91. The second-order valence-electron chi connectivity index (χ2n) is 20.6. The van der Waals surface area contributed by atoms with Gasteiger partial charge in [0.05, 0.1) is 29.8 Å². The SMILES string of the molecule is C=C(OCC)c1c([C@@H]2C[C@H]3CC[C@@H](C2)N3C(=O)OC(C)(C)C)nc2c(-c3ccc(/C=N/[S+]([O-])C(C)(C)C)nc3)cnn2c1N(COCC[Si](C)(C)C)COCC[Si](C)(C)C. The smallest absolute Gasteiger partial charge is 0.410 e. The number of carbonyl (C=O) groups excluding carboxylic acids is 1. The lowest BCUT2D eigenvalue weighted by molar-refractivity contribution is 0.00566. The summed E-state index contributed by atoms with van der Waals surface area (Å²) in [5, 5.41) is 5.02. The summed E-state index contributed by atoms with van der Waals surface area (Å²) in [5.74, 6) is 1.23. The van der Waals surface area contributed by atoms with Crippen LogP contribution in [0.3, 0.4) is 0 Å². The van der Waals surface area contributed by atoms with E-state index in [-0.39, 0.29) is 37.6 Å². The van der Waals surface area contributed by atoms with Gasteiger partial charge in [-0.2, -0.15) is 9.61 Å². The fourth-order valence-corrected chi connectivity index (χ4v) is 9.51. The first-order chi connectivity index (χ1) is 28.0. The highest BCUT2D eigenvalue weighted by Gasteiger charge is 2.47. The second kappa shape index (κ2) is 19.4. The van der Waals surface area contributed by atoms with E-state index in [0.29, 0.717) is 36.9 Å². The lowest BCUT2D eigenvalue weighted by Gasteiger charge is -2.40. The average Bonchev–Trinajstić information content (AvgIpc) is 3.68. The maximum Gasteiger partial charge on any atom is 0.410 e. The van der Waals surface area contributed by atoms with Gasteiger partial charge in [0.25, 0.3) is 0 Å². The number of amides is 1. The topological polar surface area (TPSA) is 139 Å². The summed E-state index contributed by atoms with van der Waals surface area (Å²) in [5.41, 5.74) is 3.92. The maximum absolute atomic E-state index is 13.6. The van der Waals surface area contributed by atoms with Crippen LogP contribution in [0.1, 0.15) is 97.0 Å². The lowest BCUT2D eigenvalue weighted by atomic mass is 9.85. The number of aromatic nitrogens is 4. The zero-order valence-corrected chi connectivity index (χ0v) is 41.4. The van der Waals surface area contributed by atoms with E-state index in [2.05, 4.69) is 60.1 Å². The molecule has 0 spiro atoms. The van der Waals surface area contributed by atoms with E-state index in [1.165, 1.54) is 0 Å². The van der Waals surface area contributed by atoms with Gasteiger partial charge in [-0.25, -0.2) is 9.78 Å². The molecule has 5 rings (SSSR count). The van der Waals surface area contributed by atoms with Crippen molar-refractivity contribution in [3.05, 3.63) is 48.1 Å². The molecule has 2 aliphatic rings. The van der Waals surface area contributed by atoms with E-state index in [1.54, 1.807) is 12.4 Å². The zero-order chi connectivity index (χ0) is 44.2. The first kappa shape index (κ1) is 47.8. The van der Waals surface area contributed by atoms with E-state index < -0.39 is 37.9 Å². The van der Waals surface area contributed by atoms with Crippen LogP contribution < -0.4 is 4.90 Å². The minimum absolute atomic E-state index is 0.0113. The first-order valence-electron chi connectivity index (χ1n) is 21.5. The van der Waals surface area contributed by atoms with E-state index in [4.69, 9.17) is 29.0 Å². The van der Waals surface area contributed by atoms with Crippen LogP contribution in [0.15, 0.2) is 35.5 Å². The van der Waals surface area contributed by atoms with Gasteiger partial charge in [0.2, 0.25) is 0 Å². The van der Waals surface area contributed by atoms with Gasteiger partial charge < -0.3 is 33.3 Å². The number of carbonyl (C=O) groups is 1. The molecule has 0 saturated carbocycles. The molecule has 2 aliphatic heterocycles. The predicted molar refractivity (Wildman–Crippen MR) is 250 cm³/mol. The molecule has 60 heavy (non-hydrogen) atoms. The Labute approximate surface area is 364 Å². The highest BCUT2D eigenvalue weighted by molar-refractivity contribution is 7.91. The molecule has 0 N–H and O–H groups in total. The fraction of sp³-hybridized carbons (Fsp3) is 0.659. The quantitative estimate of drug-likeness (QED) is 0.0303. The molecular weight excluding hydrogens is 811 g/mol. The Morgan fingerprint density at radius 1 is 0.983 bits per heavy atom. The van der Waals surface area contributed by atoms with Gasteiger partial charge in [0.1, 0.15) is 53.0 Å². The van der Waals surface area contributed by atoms with Crippen molar-refractivity contribution >= 4 is 57.0 Å². The number of ether oxygens (including phenoxy) is 4. The molecule has 1 amide bonds. The molecule has 0 aliphatic carbocycles. The Hall–Kier alpha value is -3.29. The van der Waals surface area contributed by atoms with E-state index in [0.717, 1.165) is 66.0 Å². The van der Waals surface area contributed by atoms with E-state index in [1.807, 2.05) is 76.2 Å². The molecule has 0 radical (unpaired) electrons. The number of pyridine rings is 1. The predicted octanol–water partition coefficient (Wildman–Crippen LogP) is 9.76. The summed E-state index contributed by atoms with van der Waals surface area (Å²) < 4.78 is 43.5. The van der Waals surface area contributed by atoms with Gasteiger partial charge in [-0.3, -0.25) is 4.98 Å². The number of hydrogen-bond donors (Lipinski definition) is 0. The van der Waals surface area contributed by atoms with Crippen LogP contribution in [0.2, 0.25) is 51.4 Å². The maximum atomic E-state index is 13.6. The molecule has 2 saturated heterocycles. The molecule has 5 heterocycles. The van der Waals surface area contributed by atoms with Crippen LogP contribution in [0, 0.1) is 0 Å². The molecule has 2 bridgehead atoms. The molecule has 16 heteroatoms. The zero-order valence-electron chi connectivity index (χ0n) is 38.6. The normalized spacial score (nSPS) is 19.3. The Bertz CT molecular complexity index is 1930. The average molecular weight is 882 g/mol. The minimum Gasteiger partial charge on any atom is -0.591 e. The van der Waals surface area contributed by atoms with Crippen LogP contribution in [0.4, 0.5) is 10.6 Å². The number of fused-ring (bicyclic) bond motifs is 3. The third kappa shape index (κ3) is 12.6. The molecule has 4 atom stereocenters. The Morgan fingerprint density at radius 3 is 2.08 bits per heavy atom. The fourth-order valence-electron chi connectivity index (χ4n) is 7.48. The summed E-state index contributed by atoms with van der Waals surface area (Å²) in [4.78, 5) is 27.8. The van der Waals surface area contributed by atoms with Gasteiger partial charge >= 0.3 is 6.09 Å². The van der Waals surface area contributed by atoms with Gasteiger partial charge in [0.15, 0.2) is 5.65 Å². The van der Waals surface area contributed by atoms with Crippen LogP contribution in [-0.4, -0.2) is 113 Å². The molecule has 2 fully saturated rings. The van der Waals surface area contributed by atoms with Crippen molar-refractivity contribution in [2.45, 2.75) is 154 Å². The molecule has 1 unspecified atom stereocenters. The van der Waals surface area contributed by atoms with Crippen LogP contribution in [0.25, 0.3) is 22.5 Å². The van der Waals surface area contributed by atoms with E-state index >= 15 is 0 Å². The van der Waals surface area contributed by atoms with Gasteiger partial charge in [-0.1, -0.05) is 56.3 Å². The van der Waals surface area contributed by atoms with Crippen molar-refractivity contribution < 1.29 is 28.3 Å². The van der Waals surface area contributed by atoms with Crippen LogP contribution >= 0.6 is 0 Å². The summed E-state index contributed by atoms with van der Waals surface area (Å²) >= 11 is -1.40. The second-order valence-corrected chi connectivity index (χ2v) is 33.8. The van der Waals surface area contributed by atoms with Crippen molar-refractivity contribution in [1.82, 2.24) is 24.5 Å². The molecule has 0 aromatic carbocycles. The number of hydrogen-bond acceptors (Lipinski definition) is 11. The third-order valence-electron chi connectivity index (χ3n) is 10.7. The highest BCUT2D eigenvalue weighted by atomic mass is 32.2. The highest BCUT2D eigenvalue weighted by Crippen LogP contribution is 2.47. The number of nitrogens with zero attached hydrogens (tertiary/aromatic N) is 7. The molecule has 332 valence electrons. The molecule has 13 nitrogen and oxygen atoms in total. The largest absolute Gasteiger partial charge is 0.591 e. The molecule has 3 aromatic rings. The monoisotopic (exact) mass is 881 g/mol. The van der Waals surface area contributed by atoms with Crippen molar-refractivity contribution in [2.24, 2.45) is 4.40 Å². The van der Waals surface area contributed by atoms with Crippen molar-refractivity contribution in [2.75, 3.05) is 38.2 Å². The number of anilines is 1. The van der Waals surface area contributed by atoms with Crippen LogP contribution in [0.5, 0.6) is 0 Å².